The maximum Gasteiger partial charge on any atom is 0.161 e. The first-order chi connectivity index (χ1) is 9.01. The topological polar surface area (TPSA) is 51.8 Å². The lowest BCUT2D eigenvalue weighted by atomic mass is 10.1. The quantitative estimate of drug-likeness (QED) is 0.928. The Morgan fingerprint density at radius 2 is 1.74 bits per heavy atom. The zero-order valence-electron chi connectivity index (χ0n) is 11.5. The first-order valence-corrected chi connectivity index (χ1v) is 7.21. The van der Waals surface area contributed by atoms with Crippen LogP contribution >= 0.6 is 15.9 Å². The number of aromatic nitrogens is 2. The summed E-state index contributed by atoms with van der Waals surface area (Å²) in [5, 5.41) is 0. The van der Waals surface area contributed by atoms with Crippen molar-refractivity contribution in [2.45, 2.75) is 33.6 Å². The van der Waals surface area contributed by atoms with Gasteiger partial charge in [0.05, 0.1) is 10.2 Å². The second kappa shape index (κ2) is 5.70. The third kappa shape index (κ3) is 3.13. The molecule has 4 heteroatoms. The lowest BCUT2D eigenvalue weighted by molar-refractivity contribution is 0.870. The smallest absolute Gasteiger partial charge is 0.161 e. The van der Waals surface area contributed by atoms with Gasteiger partial charge < -0.3 is 5.73 Å². The Bertz CT molecular complexity index is 588. The highest BCUT2D eigenvalue weighted by atomic mass is 79.9. The summed E-state index contributed by atoms with van der Waals surface area (Å²) < 4.78 is 0.822. The minimum atomic E-state index is 0.507. The van der Waals surface area contributed by atoms with Crippen molar-refractivity contribution in [1.82, 2.24) is 9.97 Å². The molecule has 0 atom stereocenters. The predicted octanol–water partition coefficient (Wildman–Crippen LogP) is 4.06. The number of hydrogen-bond acceptors (Lipinski definition) is 3. The summed E-state index contributed by atoms with van der Waals surface area (Å²) in [6, 6.07) is 6.31. The summed E-state index contributed by atoms with van der Waals surface area (Å²) in [6.45, 7) is 6.28. The third-order valence-electron chi connectivity index (χ3n) is 2.91. The van der Waals surface area contributed by atoms with Crippen LogP contribution in [-0.2, 0) is 6.42 Å². The largest absolute Gasteiger partial charge is 0.383 e. The molecule has 0 fully saturated rings. The highest BCUT2D eigenvalue weighted by Crippen LogP contribution is 2.27. The van der Waals surface area contributed by atoms with Crippen molar-refractivity contribution in [3.05, 3.63) is 39.5 Å². The van der Waals surface area contributed by atoms with Crippen molar-refractivity contribution in [1.29, 1.82) is 0 Å². The molecular formula is C15H18BrN3. The van der Waals surface area contributed by atoms with Crippen LogP contribution in [0.3, 0.4) is 0 Å². The van der Waals surface area contributed by atoms with E-state index >= 15 is 0 Å². The van der Waals surface area contributed by atoms with Gasteiger partial charge in [0.25, 0.3) is 0 Å². The van der Waals surface area contributed by atoms with Crippen LogP contribution in [0.2, 0.25) is 0 Å². The van der Waals surface area contributed by atoms with Gasteiger partial charge in [-0.15, -0.1) is 0 Å². The average Bonchev–Trinajstić information content (AvgIpc) is 2.33. The second-order valence-electron chi connectivity index (χ2n) is 4.82. The third-order valence-corrected chi connectivity index (χ3v) is 3.78. The van der Waals surface area contributed by atoms with Crippen LogP contribution in [0.25, 0.3) is 11.4 Å². The fourth-order valence-corrected chi connectivity index (χ4v) is 2.52. The van der Waals surface area contributed by atoms with Gasteiger partial charge in [-0.1, -0.05) is 30.5 Å². The van der Waals surface area contributed by atoms with E-state index < -0.39 is 0 Å². The number of anilines is 1. The summed E-state index contributed by atoms with van der Waals surface area (Å²) in [4.78, 5) is 9.03. The van der Waals surface area contributed by atoms with E-state index in [0.29, 0.717) is 11.6 Å². The lowest BCUT2D eigenvalue weighted by Crippen LogP contribution is -2.03. The molecule has 0 aliphatic heterocycles. The minimum absolute atomic E-state index is 0.507. The number of benzene rings is 1. The van der Waals surface area contributed by atoms with Crippen LogP contribution in [0.5, 0.6) is 0 Å². The first-order valence-electron chi connectivity index (χ1n) is 6.41. The fraction of sp³-hybridized carbons (Fsp3) is 0.333. The van der Waals surface area contributed by atoms with Gasteiger partial charge in [-0.3, -0.25) is 0 Å². The second-order valence-corrected chi connectivity index (χ2v) is 5.61. The normalized spacial score (nSPS) is 10.7. The maximum atomic E-state index is 5.97. The van der Waals surface area contributed by atoms with Crippen molar-refractivity contribution < 1.29 is 0 Å². The van der Waals surface area contributed by atoms with Gasteiger partial charge in [-0.05, 0) is 48.3 Å². The van der Waals surface area contributed by atoms with Gasteiger partial charge in [0, 0.05) is 5.56 Å². The van der Waals surface area contributed by atoms with Crippen LogP contribution in [-0.4, -0.2) is 9.97 Å². The number of hydrogen-bond donors (Lipinski definition) is 1. The molecule has 0 bridgehead atoms. The summed E-state index contributed by atoms with van der Waals surface area (Å²) in [5.74, 6) is 1.21. The molecular weight excluding hydrogens is 302 g/mol. The van der Waals surface area contributed by atoms with E-state index in [0.717, 1.165) is 28.6 Å². The minimum Gasteiger partial charge on any atom is -0.383 e. The highest BCUT2D eigenvalue weighted by Gasteiger charge is 2.11. The summed E-state index contributed by atoms with van der Waals surface area (Å²) >= 11 is 3.47. The zero-order valence-corrected chi connectivity index (χ0v) is 13.1. The molecule has 0 aliphatic carbocycles. The number of rotatable bonds is 3. The number of nitrogen functional groups attached to an aromatic ring is 1. The van der Waals surface area contributed by atoms with Gasteiger partial charge in [0.15, 0.2) is 5.82 Å². The lowest BCUT2D eigenvalue weighted by Gasteiger charge is -2.09. The van der Waals surface area contributed by atoms with E-state index in [1.54, 1.807) is 0 Å². The van der Waals surface area contributed by atoms with Crippen LogP contribution in [0.1, 0.15) is 30.2 Å². The van der Waals surface area contributed by atoms with E-state index in [9.17, 15) is 0 Å². The molecule has 2 rings (SSSR count). The standard InChI is InChI=1S/C15H18BrN3/c1-4-5-12-13(16)14(17)19-15(18-12)11-7-9(2)6-10(3)8-11/h6-8H,4-5H2,1-3H3,(H2,17,18,19). The molecule has 0 saturated carbocycles. The van der Waals surface area contributed by atoms with Crippen LogP contribution in [0.4, 0.5) is 5.82 Å². The van der Waals surface area contributed by atoms with Gasteiger partial charge in [-0.2, -0.15) is 0 Å². The molecule has 2 N–H and O–H groups in total. The van der Waals surface area contributed by atoms with Gasteiger partial charge >= 0.3 is 0 Å². The van der Waals surface area contributed by atoms with Gasteiger partial charge in [0.1, 0.15) is 5.82 Å². The Kier molecular flexibility index (Phi) is 4.20. The van der Waals surface area contributed by atoms with Crippen molar-refractivity contribution in [2.24, 2.45) is 0 Å². The molecule has 1 heterocycles. The molecule has 0 radical (unpaired) electrons. The Balaban J connectivity index is 2.55. The molecule has 0 aliphatic rings. The zero-order chi connectivity index (χ0) is 14.0. The molecule has 0 unspecified atom stereocenters. The van der Waals surface area contributed by atoms with E-state index in [1.165, 1.54) is 11.1 Å². The maximum absolute atomic E-state index is 5.97. The Hall–Kier alpha value is -1.42. The molecule has 2 aromatic rings. The first kappa shape index (κ1) is 14.0. The number of nitrogens with two attached hydrogens (primary N) is 1. The Morgan fingerprint density at radius 1 is 1.11 bits per heavy atom. The van der Waals surface area contributed by atoms with Crippen molar-refractivity contribution in [2.75, 3.05) is 5.73 Å². The van der Waals surface area contributed by atoms with Gasteiger partial charge in [0.2, 0.25) is 0 Å². The van der Waals surface area contributed by atoms with Crippen molar-refractivity contribution >= 4 is 21.7 Å². The number of nitrogens with zero attached hydrogens (tertiary/aromatic N) is 2. The van der Waals surface area contributed by atoms with Crippen molar-refractivity contribution in [3.8, 4) is 11.4 Å². The van der Waals surface area contributed by atoms with Crippen molar-refractivity contribution in [3.63, 3.8) is 0 Å². The molecule has 100 valence electrons. The number of halogens is 1. The summed E-state index contributed by atoms with van der Waals surface area (Å²) in [6.07, 6.45) is 1.92. The molecule has 0 amide bonds. The highest BCUT2D eigenvalue weighted by molar-refractivity contribution is 9.10. The SMILES string of the molecule is CCCc1nc(-c2cc(C)cc(C)c2)nc(N)c1Br. The van der Waals surface area contributed by atoms with Crippen LogP contribution < -0.4 is 5.73 Å². The molecule has 3 nitrogen and oxygen atoms in total. The number of aryl methyl sites for hydroxylation is 3. The molecule has 19 heavy (non-hydrogen) atoms. The van der Waals surface area contributed by atoms with E-state index in [2.05, 4.69) is 64.9 Å². The Labute approximate surface area is 122 Å². The van der Waals surface area contributed by atoms with E-state index in [-0.39, 0.29) is 0 Å². The monoisotopic (exact) mass is 319 g/mol. The summed E-state index contributed by atoms with van der Waals surface area (Å²) in [5.41, 5.74) is 10.4. The van der Waals surface area contributed by atoms with Crippen LogP contribution in [0, 0.1) is 13.8 Å². The fourth-order valence-electron chi connectivity index (χ4n) is 2.15. The Morgan fingerprint density at radius 3 is 2.32 bits per heavy atom. The van der Waals surface area contributed by atoms with E-state index in [1.807, 2.05) is 0 Å². The average molecular weight is 320 g/mol. The van der Waals surface area contributed by atoms with Crippen LogP contribution in [0.15, 0.2) is 22.7 Å². The van der Waals surface area contributed by atoms with E-state index in [4.69, 9.17) is 5.73 Å². The molecule has 0 spiro atoms. The molecule has 1 aromatic carbocycles. The summed E-state index contributed by atoms with van der Waals surface area (Å²) in [7, 11) is 0. The molecule has 1 aromatic heterocycles. The van der Waals surface area contributed by atoms with Gasteiger partial charge in [-0.25, -0.2) is 9.97 Å². The predicted molar refractivity (Wildman–Crippen MR) is 83.0 cm³/mol. The molecule has 0 saturated heterocycles.